The van der Waals surface area contributed by atoms with Crippen LogP contribution in [0.15, 0.2) is 16.3 Å². The van der Waals surface area contributed by atoms with Gasteiger partial charge < -0.3 is 0 Å². The lowest BCUT2D eigenvalue weighted by molar-refractivity contribution is 0.411. The van der Waals surface area contributed by atoms with Gasteiger partial charge in [0.2, 0.25) is 0 Å². The Morgan fingerprint density at radius 1 is 1.29 bits per heavy atom. The number of hydrogen-bond donors (Lipinski definition) is 0. The molecule has 1 heterocycles. The number of sulfonamides is 1. The Morgan fingerprint density at radius 3 is 2.29 bits per heavy atom. The normalized spacial score (nSPS) is 11.6. The largest absolute Gasteiger partial charge is 0.252 e. The van der Waals surface area contributed by atoms with Crippen molar-refractivity contribution < 1.29 is 8.42 Å². The Hall–Kier alpha value is -0.900. The van der Waals surface area contributed by atoms with E-state index in [0.29, 0.717) is 18.0 Å². The van der Waals surface area contributed by atoms with Gasteiger partial charge in [0.05, 0.1) is 0 Å². The zero-order chi connectivity index (χ0) is 12.9. The standard InChI is InChI=1S/C11H16N2O2S2/c1-3-7-13(8-4-2)17(14,15)11-6-5-10(9-12)16-11/h5-6H,3-4,7-8H2,1-2H3. The summed E-state index contributed by atoms with van der Waals surface area (Å²) >= 11 is 1.03. The highest BCUT2D eigenvalue weighted by Crippen LogP contribution is 2.24. The minimum Gasteiger partial charge on any atom is -0.206 e. The highest BCUT2D eigenvalue weighted by atomic mass is 32.2. The molecule has 1 aromatic heterocycles. The molecule has 17 heavy (non-hydrogen) atoms. The van der Waals surface area contributed by atoms with Crippen LogP contribution in [0.5, 0.6) is 0 Å². The Morgan fingerprint density at radius 2 is 1.88 bits per heavy atom. The van der Waals surface area contributed by atoms with Gasteiger partial charge >= 0.3 is 0 Å². The van der Waals surface area contributed by atoms with Crippen LogP contribution in [0, 0.1) is 11.3 Å². The van der Waals surface area contributed by atoms with Crippen molar-refractivity contribution in [3.8, 4) is 6.07 Å². The van der Waals surface area contributed by atoms with Gasteiger partial charge in [-0.05, 0) is 25.0 Å². The molecule has 0 aliphatic carbocycles. The quantitative estimate of drug-likeness (QED) is 0.799. The fourth-order valence-electron chi connectivity index (χ4n) is 1.50. The van der Waals surface area contributed by atoms with E-state index in [1.54, 1.807) is 6.07 Å². The second-order valence-electron chi connectivity index (χ2n) is 3.63. The third-order valence-corrected chi connectivity index (χ3v) is 5.59. The van der Waals surface area contributed by atoms with Crippen LogP contribution in [0.4, 0.5) is 0 Å². The van der Waals surface area contributed by atoms with Crippen molar-refractivity contribution in [3.05, 3.63) is 17.0 Å². The Kier molecular flexibility index (Phi) is 5.12. The molecule has 0 bridgehead atoms. The maximum Gasteiger partial charge on any atom is 0.252 e. The smallest absolute Gasteiger partial charge is 0.206 e. The van der Waals surface area contributed by atoms with Crippen LogP contribution in [0.1, 0.15) is 31.6 Å². The second-order valence-corrected chi connectivity index (χ2v) is 6.88. The monoisotopic (exact) mass is 272 g/mol. The maximum atomic E-state index is 12.3. The van der Waals surface area contributed by atoms with Crippen molar-refractivity contribution in [1.82, 2.24) is 4.31 Å². The van der Waals surface area contributed by atoms with E-state index in [2.05, 4.69) is 0 Å². The first kappa shape index (κ1) is 14.2. The summed E-state index contributed by atoms with van der Waals surface area (Å²) in [6.45, 7) is 4.95. The molecule has 0 atom stereocenters. The van der Waals surface area contributed by atoms with Crippen molar-refractivity contribution in [3.63, 3.8) is 0 Å². The molecule has 0 aromatic carbocycles. The molecule has 0 saturated heterocycles. The summed E-state index contributed by atoms with van der Waals surface area (Å²) in [4.78, 5) is 0.427. The molecule has 1 aromatic rings. The summed E-state index contributed by atoms with van der Waals surface area (Å²) < 4.78 is 26.3. The molecule has 6 heteroatoms. The molecule has 4 nitrogen and oxygen atoms in total. The van der Waals surface area contributed by atoms with Gasteiger partial charge in [0.1, 0.15) is 15.2 Å². The summed E-state index contributed by atoms with van der Waals surface area (Å²) in [5, 5.41) is 8.71. The summed E-state index contributed by atoms with van der Waals surface area (Å²) in [7, 11) is -3.41. The molecular weight excluding hydrogens is 256 g/mol. The molecule has 0 saturated carbocycles. The number of nitriles is 1. The lowest BCUT2D eigenvalue weighted by Crippen LogP contribution is -2.32. The molecule has 1 rings (SSSR count). The number of hydrogen-bond acceptors (Lipinski definition) is 4. The second kappa shape index (κ2) is 6.15. The lowest BCUT2D eigenvalue weighted by atomic mass is 10.4. The van der Waals surface area contributed by atoms with Crippen molar-refractivity contribution >= 4 is 21.4 Å². The molecular formula is C11H16N2O2S2. The highest BCUT2D eigenvalue weighted by Gasteiger charge is 2.24. The lowest BCUT2D eigenvalue weighted by Gasteiger charge is -2.19. The molecule has 0 radical (unpaired) electrons. The van der Waals surface area contributed by atoms with Crippen molar-refractivity contribution in [2.24, 2.45) is 0 Å². The van der Waals surface area contributed by atoms with E-state index in [0.717, 1.165) is 24.2 Å². The predicted octanol–water partition coefficient (Wildman–Crippen LogP) is 2.43. The number of thiophene rings is 1. The topological polar surface area (TPSA) is 61.2 Å². The molecule has 0 fully saturated rings. The van der Waals surface area contributed by atoms with E-state index in [9.17, 15) is 8.42 Å². The predicted molar refractivity (Wildman–Crippen MR) is 68.4 cm³/mol. The van der Waals surface area contributed by atoms with Gasteiger partial charge in [-0.3, -0.25) is 0 Å². The molecule has 0 amide bonds. The Bertz CT molecular complexity index is 494. The van der Waals surface area contributed by atoms with E-state index in [-0.39, 0.29) is 4.21 Å². The molecule has 94 valence electrons. The SMILES string of the molecule is CCCN(CCC)S(=O)(=O)c1ccc(C#N)s1. The number of nitrogens with zero attached hydrogens (tertiary/aromatic N) is 2. The Balaban J connectivity index is 3.03. The molecule has 0 N–H and O–H groups in total. The van der Waals surface area contributed by atoms with Gasteiger partial charge in [-0.15, -0.1) is 11.3 Å². The first-order valence-corrected chi connectivity index (χ1v) is 7.82. The summed E-state index contributed by atoms with van der Waals surface area (Å²) in [5.74, 6) is 0. The summed E-state index contributed by atoms with van der Waals surface area (Å²) in [6.07, 6.45) is 1.57. The highest BCUT2D eigenvalue weighted by molar-refractivity contribution is 7.91. The van der Waals surface area contributed by atoms with Crippen LogP contribution in [0.25, 0.3) is 0 Å². The third-order valence-electron chi connectivity index (χ3n) is 2.23. The van der Waals surface area contributed by atoms with E-state index >= 15 is 0 Å². The fourth-order valence-corrected chi connectivity index (χ4v) is 4.38. The first-order valence-electron chi connectivity index (χ1n) is 5.56. The van der Waals surface area contributed by atoms with Crippen LogP contribution < -0.4 is 0 Å². The van der Waals surface area contributed by atoms with Gasteiger partial charge in [0.15, 0.2) is 0 Å². The van der Waals surface area contributed by atoms with Crippen LogP contribution in [-0.2, 0) is 10.0 Å². The third kappa shape index (κ3) is 3.28. The zero-order valence-corrected chi connectivity index (χ0v) is 11.6. The van der Waals surface area contributed by atoms with Crippen LogP contribution in [0.2, 0.25) is 0 Å². The maximum absolute atomic E-state index is 12.3. The molecule has 0 unspecified atom stereocenters. The minimum atomic E-state index is -3.41. The van der Waals surface area contributed by atoms with E-state index < -0.39 is 10.0 Å². The van der Waals surface area contributed by atoms with Crippen molar-refractivity contribution in [2.45, 2.75) is 30.9 Å². The molecule has 0 aliphatic heterocycles. The van der Waals surface area contributed by atoms with Gasteiger partial charge in [-0.1, -0.05) is 13.8 Å². The fraction of sp³-hybridized carbons (Fsp3) is 0.545. The van der Waals surface area contributed by atoms with Gasteiger partial charge in [-0.2, -0.15) is 9.57 Å². The average molecular weight is 272 g/mol. The minimum absolute atomic E-state index is 0.260. The van der Waals surface area contributed by atoms with Gasteiger partial charge in [0.25, 0.3) is 10.0 Å². The van der Waals surface area contributed by atoms with E-state index in [1.807, 2.05) is 19.9 Å². The van der Waals surface area contributed by atoms with Crippen molar-refractivity contribution in [1.29, 1.82) is 5.26 Å². The van der Waals surface area contributed by atoms with E-state index in [1.165, 1.54) is 10.4 Å². The summed E-state index contributed by atoms with van der Waals surface area (Å²) in [5.41, 5.74) is 0. The van der Waals surface area contributed by atoms with Crippen LogP contribution in [-0.4, -0.2) is 25.8 Å². The molecule has 0 aliphatic rings. The molecule has 0 spiro atoms. The van der Waals surface area contributed by atoms with Crippen molar-refractivity contribution in [2.75, 3.05) is 13.1 Å². The Labute approximate surface area is 107 Å². The van der Waals surface area contributed by atoms with Gasteiger partial charge in [0, 0.05) is 13.1 Å². The van der Waals surface area contributed by atoms with Gasteiger partial charge in [-0.25, -0.2) is 8.42 Å². The average Bonchev–Trinajstić information content (AvgIpc) is 2.78. The number of rotatable bonds is 6. The van der Waals surface area contributed by atoms with Crippen LogP contribution >= 0.6 is 11.3 Å². The zero-order valence-electron chi connectivity index (χ0n) is 10.0. The van der Waals surface area contributed by atoms with E-state index in [4.69, 9.17) is 5.26 Å². The van der Waals surface area contributed by atoms with Crippen LogP contribution in [0.3, 0.4) is 0 Å². The summed E-state index contributed by atoms with van der Waals surface area (Å²) in [6, 6.07) is 5.02. The first-order chi connectivity index (χ1) is 8.06.